The largest absolute Gasteiger partial charge is 0.436 e. The second-order valence-electron chi connectivity index (χ2n) is 7.67. The number of hydrogen-bond acceptors (Lipinski definition) is 4. The summed E-state index contributed by atoms with van der Waals surface area (Å²) < 4.78 is 6.93. The molecule has 0 radical (unpaired) electrons. The Balaban J connectivity index is 1.54. The summed E-state index contributed by atoms with van der Waals surface area (Å²) in [4.78, 5) is 17.1. The first-order chi connectivity index (χ1) is 15.8. The number of fused-ring (bicyclic) bond motifs is 1. The monoisotopic (exact) mass is 589 g/mol. The number of nitrogens with one attached hydrogen (secondary N) is 2. The van der Waals surface area contributed by atoms with Crippen molar-refractivity contribution in [2.24, 2.45) is 0 Å². The highest BCUT2D eigenvalue weighted by Crippen LogP contribution is 2.31. The van der Waals surface area contributed by atoms with Crippen molar-refractivity contribution < 1.29 is 9.21 Å². The minimum Gasteiger partial charge on any atom is -0.436 e. The molecule has 4 aromatic rings. The summed E-state index contributed by atoms with van der Waals surface area (Å²) in [6, 6.07) is 18.7. The number of nitrogens with zero attached hydrogens (tertiary/aromatic N) is 1. The zero-order valence-electron chi connectivity index (χ0n) is 18.0. The van der Waals surface area contributed by atoms with Crippen molar-refractivity contribution in [3.8, 4) is 11.5 Å². The predicted molar refractivity (Wildman–Crippen MR) is 146 cm³/mol. The van der Waals surface area contributed by atoms with Gasteiger partial charge in [-0.25, -0.2) is 4.98 Å². The van der Waals surface area contributed by atoms with Crippen LogP contribution in [-0.4, -0.2) is 16.0 Å². The molecule has 4 rings (SSSR count). The molecule has 0 spiro atoms. The maximum absolute atomic E-state index is 12.5. The van der Waals surface area contributed by atoms with Gasteiger partial charge >= 0.3 is 0 Å². The number of anilines is 1. The Morgan fingerprint density at radius 1 is 1.18 bits per heavy atom. The molecule has 0 aliphatic heterocycles. The zero-order valence-corrected chi connectivity index (χ0v) is 21.7. The van der Waals surface area contributed by atoms with Gasteiger partial charge in [-0.15, -0.1) is 0 Å². The lowest BCUT2D eigenvalue weighted by atomic mass is 9.98. The fourth-order valence-corrected chi connectivity index (χ4v) is 4.23. The molecule has 1 aromatic heterocycles. The number of rotatable bonds is 5. The summed E-state index contributed by atoms with van der Waals surface area (Å²) in [6.45, 7) is 4.36. The van der Waals surface area contributed by atoms with Gasteiger partial charge in [0, 0.05) is 14.7 Å². The van der Waals surface area contributed by atoms with Crippen LogP contribution in [-0.2, 0) is 0 Å². The van der Waals surface area contributed by atoms with Crippen molar-refractivity contribution in [2.75, 3.05) is 5.32 Å². The number of amides is 1. The molecule has 5 nitrogen and oxygen atoms in total. The van der Waals surface area contributed by atoms with Crippen LogP contribution in [0, 0.1) is 3.57 Å². The van der Waals surface area contributed by atoms with Crippen LogP contribution in [0.3, 0.4) is 0 Å². The van der Waals surface area contributed by atoms with E-state index in [1.54, 1.807) is 24.3 Å². The lowest BCUT2D eigenvalue weighted by molar-refractivity contribution is 0.0977. The molecular formula is C25H21ClIN3O2S. The fourth-order valence-electron chi connectivity index (χ4n) is 3.32. The Labute approximate surface area is 216 Å². The standard InChI is InChI=1S/C25H21ClIN3O2S/c1-3-14(2)15-8-10-22-21(12-15)28-24(32-22)17-7-9-19(26)20(13-17)29-25(33)30-23(31)16-5-4-6-18(27)11-16/h4-14H,3H2,1-2H3,(H2,29,30,31,33)/t14-/m0/s1. The molecule has 1 atom stereocenters. The van der Waals surface area contributed by atoms with Crippen molar-refractivity contribution in [1.82, 2.24) is 10.3 Å². The number of carbonyl (C=O) groups excluding carboxylic acids is 1. The Bertz CT molecular complexity index is 1350. The average molecular weight is 590 g/mol. The van der Waals surface area contributed by atoms with Gasteiger partial charge in [0.05, 0.1) is 10.7 Å². The number of halogens is 2. The second kappa shape index (κ2) is 10.2. The van der Waals surface area contributed by atoms with Crippen LogP contribution in [0.5, 0.6) is 0 Å². The molecule has 3 aromatic carbocycles. The highest BCUT2D eigenvalue weighted by Gasteiger charge is 2.14. The minimum atomic E-state index is -0.297. The molecule has 0 saturated heterocycles. The molecule has 0 bridgehead atoms. The smallest absolute Gasteiger partial charge is 0.257 e. The van der Waals surface area contributed by atoms with E-state index in [4.69, 9.17) is 28.2 Å². The van der Waals surface area contributed by atoms with Crippen molar-refractivity contribution >= 4 is 74.2 Å². The molecule has 33 heavy (non-hydrogen) atoms. The molecule has 0 fully saturated rings. The van der Waals surface area contributed by atoms with E-state index >= 15 is 0 Å². The van der Waals surface area contributed by atoms with Crippen molar-refractivity contribution in [1.29, 1.82) is 0 Å². The van der Waals surface area contributed by atoms with Crippen molar-refractivity contribution in [3.05, 3.63) is 80.4 Å². The summed E-state index contributed by atoms with van der Waals surface area (Å²) in [6.07, 6.45) is 1.06. The summed E-state index contributed by atoms with van der Waals surface area (Å²) in [5.41, 5.74) is 4.58. The average Bonchev–Trinajstić information content (AvgIpc) is 3.23. The number of thiocarbonyl (C=S) groups is 1. The number of benzene rings is 3. The molecule has 1 heterocycles. The van der Waals surface area contributed by atoms with Crippen LogP contribution in [0.1, 0.15) is 42.1 Å². The van der Waals surface area contributed by atoms with Crippen LogP contribution in [0.2, 0.25) is 5.02 Å². The van der Waals surface area contributed by atoms with Gasteiger partial charge in [-0.1, -0.05) is 37.6 Å². The Hall–Kier alpha value is -2.49. The molecule has 0 unspecified atom stereocenters. The van der Waals surface area contributed by atoms with E-state index in [1.165, 1.54) is 5.56 Å². The van der Waals surface area contributed by atoms with Gasteiger partial charge < -0.3 is 9.73 Å². The van der Waals surface area contributed by atoms with Gasteiger partial charge in [0.1, 0.15) is 5.52 Å². The highest BCUT2D eigenvalue weighted by atomic mass is 127. The summed E-state index contributed by atoms with van der Waals surface area (Å²) in [5.74, 6) is 0.644. The maximum atomic E-state index is 12.5. The first-order valence-electron chi connectivity index (χ1n) is 10.4. The summed E-state index contributed by atoms with van der Waals surface area (Å²) in [5, 5.41) is 6.28. The minimum absolute atomic E-state index is 0.147. The SMILES string of the molecule is CC[C@H](C)c1ccc2oc(-c3ccc(Cl)c(NC(=S)NC(=O)c4cccc(I)c4)c3)nc2c1. The normalized spacial score (nSPS) is 11.9. The molecule has 2 N–H and O–H groups in total. The quantitative estimate of drug-likeness (QED) is 0.188. The molecule has 0 saturated carbocycles. The lowest BCUT2D eigenvalue weighted by Crippen LogP contribution is -2.34. The van der Waals surface area contributed by atoms with Gasteiger partial charge in [-0.2, -0.15) is 0 Å². The molecule has 1 amide bonds. The topological polar surface area (TPSA) is 67.2 Å². The molecular weight excluding hydrogens is 569 g/mol. The summed E-state index contributed by atoms with van der Waals surface area (Å²) in [7, 11) is 0. The van der Waals surface area contributed by atoms with Gasteiger partial charge in [0.25, 0.3) is 5.91 Å². The van der Waals surface area contributed by atoms with E-state index in [2.05, 4.69) is 64.2 Å². The second-order valence-corrected chi connectivity index (χ2v) is 9.73. The number of aromatic nitrogens is 1. The Morgan fingerprint density at radius 3 is 2.76 bits per heavy atom. The van der Waals surface area contributed by atoms with E-state index in [-0.39, 0.29) is 11.0 Å². The number of carbonyl (C=O) groups is 1. The van der Waals surface area contributed by atoms with E-state index < -0.39 is 0 Å². The third kappa shape index (κ3) is 5.54. The van der Waals surface area contributed by atoms with E-state index in [9.17, 15) is 4.79 Å². The first-order valence-corrected chi connectivity index (χ1v) is 12.3. The number of hydrogen-bond donors (Lipinski definition) is 2. The van der Waals surface area contributed by atoms with E-state index in [0.29, 0.717) is 28.1 Å². The van der Waals surface area contributed by atoms with Crippen LogP contribution >= 0.6 is 46.4 Å². The fraction of sp³-hybridized carbons (Fsp3) is 0.160. The maximum Gasteiger partial charge on any atom is 0.257 e. The Kier molecular flexibility index (Phi) is 7.31. The molecule has 0 aliphatic carbocycles. The van der Waals surface area contributed by atoms with Gasteiger partial charge in [0.15, 0.2) is 10.7 Å². The lowest BCUT2D eigenvalue weighted by Gasteiger charge is -2.12. The van der Waals surface area contributed by atoms with Crippen LogP contribution in [0.25, 0.3) is 22.6 Å². The van der Waals surface area contributed by atoms with E-state index in [0.717, 1.165) is 26.7 Å². The van der Waals surface area contributed by atoms with Gasteiger partial charge in [-0.3, -0.25) is 10.1 Å². The third-order valence-electron chi connectivity index (χ3n) is 5.37. The number of oxazole rings is 1. The third-order valence-corrected chi connectivity index (χ3v) is 6.57. The summed E-state index contributed by atoms with van der Waals surface area (Å²) >= 11 is 13.8. The zero-order chi connectivity index (χ0) is 23.5. The van der Waals surface area contributed by atoms with Crippen molar-refractivity contribution in [2.45, 2.75) is 26.2 Å². The van der Waals surface area contributed by atoms with Crippen LogP contribution in [0.4, 0.5) is 5.69 Å². The molecule has 8 heteroatoms. The van der Waals surface area contributed by atoms with Gasteiger partial charge in [-0.05, 0) is 101 Å². The predicted octanol–water partition coefficient (Wildman–Crippen LogP) is 7.39. The van der Waals surface area contributed by atoms with Crippen LogP contribution in [0.15, 0.2) is 65.1 Å². The van der Waals surface area contributed by atoms with E-state index in [1.807, 2.05) is 24.3 Å². The first kappa shape index (κ1) is 23.7. The van der Waals surface area contributed by atoms with Crippen LogP contribution < -0.4 is 10.6 Å². The molecule has 0 aliphatic rings. The highest BCUT2D eigenvalue weighted by molar-refractivity contribution is 14.1. The van der Waals surface area contributed by atoms with Crippen molar-refractivity contribution in [3.63, 3.8) is 0 Å². The van der Waals surface area contributed by atoms with Gasteiger partial charge in [0.2, 0.25) is 5.89 Å². The molecule has 168 valence electrons. The Morgan fingerprint density at radius 2 is 2.00 bits per heavy atom.